The van der Waals surface area contributed by atoms with Gasteiger partial charge in [-0.3, -0.25) is 9.48 Å². The number of methoxy groups -OCH3 is 1. The van der Waals surface area contributed by atoms with Crippen LogP contribution in [-0.4, -0.2) is 22.8 Å². The van der Waals surface area contributed by atoms with Crippen LogP contribution in [0.3, 0.4) is 0 Å². The molecular formula is C20H23ClF3N3O2. The van der Waals surface area contributed by atoms with E-state index >= 15 is 0 Å². The second-order valence-electron chi connectivity index (χ2n) is 7.05. The van der Waals surface area contributed by atoms with Gasteiger partial charge in [0, 0.05) is 29.2 Å². The minimum Gasteiger partial charge on any atom is -0.495 e. The molecule has 3 rings (SSSR count). The molecule has 1 aliphatic rings. The van der Waals surface area contributed by atoms with Gasteiger partial charge in [-0.15, -0.1) is 0 Å². The third-order valence-corrected chi connectivity index (χ3v) is 5.22. The molecule has 0 unspecified atom stereocenters. The minimum atomic E-state index is -4.43. The Bertz CT molecular complexity index is 881. The number of ether oxygens (including phenoxy) is 1. The van der Waals surface area contributed by atoms with Crippen LogP contribution >= 0.6 is 11.6 Å². The Morgan fingerprint density at radius 2 is 2.03 bits per heavy atom. The summed E-state index contributed by atoms with van der Waals surface area (Å²) in [6, 6.07) is 4.93. The summed E-state index contributed by atoms with van der Waals surface area (Å²) in [6.07, 6.45) is -0.416. The first-order valence-electron chi connectivity index (χ1n) is 9.58. The number of fused-ring (bicyclic) bond motifs is 1. The number of aromatic nitrogens is 2. The third-order valence-electron chi connectivity index (χ3n) is 4.98. The largest absolute Gasteiger partial charge is 0.495 e. The number of halogens is 4. The lowest BCUT2D eigenvalue weighted by Crippen LogP contribution is -2.13. The zero-order valence-corrected chi connectivity index (χ0v) is 16.9. The van der Waals surface area contributed by atoms with Gasteiger partial charge in [0.15, 0.2) is 5.69 Å². The van der Waals surface area contributed by atoms with Crippen molar-refractivity contribution in [2.75, 3.05) is 12.4 Å². The predicted molar refractivity (Wildman–Crippen MR) is 104 cm³/mol. The van der Waals surface area contributed by atoms with E-state index in [4.69, 9.17) is 16.3 Å². The molecule has 2 aromatic rings. The van der Waals surface area contributed by atoms with E-state index in [0.29, 0.717) is 59.9 Å². The maximum atomic E-state index is 13.2. The summed E-state index contributed by atoms with van der Waals surface area (Å²) >= 11 is 5.95. The van der Waals surface area contributed by atoms with Gasteiger partial charge in [-0.05, 0) is 56.7 Å². The highest BCUT2D eigenvalue weighted by atomic mass is 35.5. The van der Waals surface area contributed by atoms with E-state index in [1.807, 2.05) is 0 Å². The number of carbonyl (C=O) groups excluding carboxylic acids is 1. The Morgan fingerprint density at radius 3 is 2.76 bits per heavy atom. The molecule has 29 heavy (non-hydrogen) atoms. The number of alkyl halides is 3. The molecule has 158 valence electrons. The van der Waals surface area contributed by atoms with Gasteiger partial charge >= 0.3 is 6.18 Å². The Balaban J connectivity index is 1.55. The molecular weight excluding hydrogens is 407 g/mol. The quantitative estimate of drug-likeness (QED) is 0.611. The molecule has 1 N–H and O–H groups in total. The van der Waals surface area contributed by atoms with Crippen molar-refractivity contribution in [1.29, 1.82) is 0 Å². The lowest BCUT2D eigenvalue weighted by atomic mass is 9.95. The molecule has 1 aromatic heterocycles. The van der Waals surface area contributed by atoms with Crippen LogP contribution in [-0.2, 0) is 30.4 Å². The maximum absolute atomic E-state index is 13.2. The summed E-state index contributed by atoms with van der Waals surface area (Å²) in [5.74, 6) is 0.301. The van der Waals surface area contributed by atoms with Crippen molar-refractivity contribution in [1.82, 2.24) is 9.78 Å². The van der Waals surface area contributed by atoms with Gasteiger partial charge < -0.3 is 10.1 Å². The number of aryl methyl sites for hydroxylation is 1. The zero-order chi connectivity index (χ0) is 21.0. The van der Waals surface area contributed by atoms with Gasteiger partial charge in [0.05, 0.1) is 12.8 Å². The summed E-state index contributed by atoms with van der Waals surface area (Å²) in [6.45, 7) is 0.367. The van der Waals surface area contributed by atoms with E-state index in [2.05, 4.69) is 10.4 Å². The van der Waals surface area contributed by atoms with Crippen LogP contribution in [0.1, 0.15) is 49.1 Å². The lowest BCUT2D eigenvalue weighted by Gasteiger charge is -2.14. The number of hydrogen-bond acceptors (Lipinski definition) is 3. The molecule has 0 atom stereocenters. The number of rotatable bonds is 7. The van der Waals surface area contributed by atoms with E-state index in [1.54, 1.807) is 18.2 Å². The fourth-order valence-corrected chi connectivity index (χ4v) is 3.79. The van der Waals surface area contributed by atoms with Crippen LogP contribution in [0.4, 0.5) is 18.9 Å². The molecule has 1 amide bonds. The van der Waals surface area contributed by atoms with Crippen molar-refractivity contribution in [2.45, 2.75) is 57.7 Å². The van der Waals surface area contributed by atoms with Gasteiger partial charge in [-0.25, -0.2) is 0 Å². The molecule has 0 bridgehead atoms. The second-order valence-corrected chi connectivity index (χ2v) is 7.49. The highest BCUT2D eigenvalue weighted by Gasteiger charge is 2.39. The molecule has 1 heterocycles. The molecule has 0 radical (unpaired) electrons. The Hall–Kier alpha value is -2.22. The Labute approximate surface area is 172 Å². The third kappa shape index (κ3) is 5.23. The smallest absolute Gasteiger partial charge is 0.435 e. The minimum absolute atomic E-state index is 0.205. The first kappa shape index (κ1) is 21.5. The Morgan fingerprint density at radius 1 is 1.28 bits per heavy atom. The van der Waals surface area contributed by atoms with Crippen LogP contribution in [0.15, 0.2) is 18.2 Å². The Kier molecular flexibility index (Phi) is 6.72. The van der Waals surface area contributed by atoms with Gasteiger partial charge in [-0.2, -0.15) is 18.3 Å². The van der Waals surface area contributed by atoms with E-state index in [1.165, 1.54) is 11.8 Å². The second kappa shape index (κ2) is 9.07. The molecule has 0 saturated heterocycles. The maximum Gasteiger partial charge on any atom is 0.435 e. The monoisotopic (exact) mass is 429 g/mol. The van der Waals surface area contributed by atoms with E-state index in [9.17, 15) is 18.0 Å². The highest BCUT2D eigenvalue weighted by Crippen LogP contribution is 2.36. The van der Waals surface area contributed by atoms with Crippen molar-refractivity contribution in [3.05, 3.63) is 40.2 Å². The lowest BCUT2D eigenvalue weighted by molar-refractivity contribution is -0.142. The molecule has 0 fully saturated rings. The number of hydrogen-bond donors (Lipinski definition) is 1. The van der Waals surface area contributed by atoms with Crippen LogP contribution in [0, 0.1) is 0 Å². The first-order chi connectivity index (χ1) is 13.8. The van der Waals surface area contributed by atoms with Crippen LogP contribution in [0.25, 0.3) is 0 Å². The van der Waals surface area contributed by atoms with Crippen molar-refractivity contribution >= 4 is 23.2 Å². The first-order valence-corrected chi connectivity index (χ1v) is 9.96. The molecule has 0 aliphatic heterocycles. The summed E-state index contributed by atoms with van der Waals surface area (Å²) < 4.78 is 46.4. The van der Waals surface area contributed by atoms with Crippen molar-refractivity contribution < 1.29 is 22.7 Å². The van der Waals surface area contributed by atoms with E-state index in [-0.39, 0.29) is 12.3 Å². The number of amides is 1. The topological polar surface area (TPSA) is 56.1 Å². The average Bonchev–Trinajstić information content (AvgIpc) is 3.05. The normalized spacial score (nSPS) is 13.8. The summed E-state index contributed by atoms with van der Waals surface area (Å²) in [5, 5.41) is 7.07. The van der Waals surface area contributed by atoms with Crippen LogP contribution in [0.2, 0.25) is 5.02 Å². The fraction of sp³-hybridized carbons (Fsp3) is 0.500. The van der Waals surface area contributed by atoms with Gasteiger partial charge in [0.1, 0.15) is 5.75 Å². The van der Waals surface area contributed by atoms with E-state index < -0.39 is 11.9 Å². The van der Waals surface area contributed by atoms with Crippen molar-refractivity contribution in [3.8, 4) is 5.75 Å². The number of unbranched alkanes of at least 4 members (excludes halogenated alkanes) is 1. The number of carbonyl (C=O) groups is 1. The predicted octanol–water partition coefficient (Wildman–Crippen LogP) is 5.25. The standard InChI is InChI=1S/C20H23ClF3N3O2/c1-29-17-10-9-13(21)12-15(17)25-18(28)8-4-5-11-27-16-7-3-2-6-14(16)19(26-27)20(22,23)24/h9-10,12H,2-8,11H2,1H3,(H,25,28). The number of anilines is 1. The molecule has 0 spiro atoms. The summed E-state index contributed by atoms with van der Waals surface area (Å²) in [4.78, 5) is 12.2. The zero-order valence-electron chi connectivity index (χ0n) is 16.1. The van der Waals surface area contributed by atoms with Crippen molar-refractivity contribution in [3.63, 3.8) is 0 Å². The van der Waals surface area contributed by atoms with E-state index in [0.717, 1.165) is 12.8 Å². The summed E-state index contributed by atoms with van der Waals surface area (Å²) in [7, 11) is 1.50. The molecule has 1 aromatic carbocycles. The van der Waals surface area contributed by atoms with Gasteiger partial charge in [0.2, 0.25) is 5.91 Å². The van der Waals surface area contributed by atoms with Crippen LogP contribution in [0.5, 0.6) is 5.75 Å². The molecule has 1 aliphatic carbocycles. The van der Waals surface area contributed by atoms with Crippen LogP contribution < -0.4 is 10.1 Å². The summed E-state index contributed by atoms with van der Waals surface area (Å²) in [5.41, 5.74) is 0.769. The molecule has 0 saturated carbocycles. The fourth-order valence-electron chi connectivity index (χ4n) is 3.62. The average molecular weight is 430 g/mol. The highest BCUT2D eigenvalue weighted by molar-refractivity contribution is 6.31. The number of nitrogens with one attached hydrogen (secondary N) is 1. The number of nitrogens with zero attached hydrogens (tertiary/aromatic N) is 2. The SMILES string of the molecule is COc1ccc(Cl)cc1NC(=O)CCCCn1nc(C(F)(F)F)c2c1CCCC2. The number of benzene rings is 1. The van der Waals surface area contributed by atoms with Crippen molar-refractivity contribution in [2.24, 2.45) is 0 Å². The molecule has 5 nitrogen and oxygen atoms in total. The van der Waals surface area contributed by atoms with Gasteiger partial charge in [-0.1, -0.05) is 11.6 Å². The molecule has 9 heteroatoms. The van der Waals surface area contributed by atoms with Gasteiger partial charge in [0.25, 0.3) is 0 Å².